The molecule has 206 valence electrons. The Morgan fingerprint density at radius 1 is 0.725 bits per heavy atom. The molecule has 0 spiro atoms. The molecule has 0 N–H and O–H groups in total. The van der Waals surface area contributed by atoms with Crippen LogP contribution in [0.3, 0.4) is 0 Å². The fourth-order valence-electron chi connectivity index (χ4n) is 7.84. The van der Waals surface area contributed by atoms with Crippen molar-refractivity contribution in [3.63, 3.8) is 0 Å². The van der Waals surface area contributed by atoms with Gasteiger partial charge in [-0.05, 0) is 72.3 Å². The van der Waals surface area contributed by atoms with Gasteiger partial charge < -0.3 is 4.42 Å². The molecule has 0 bridgehead atoms. The summed E-state index contributed by atoms with van der Waals surface area (Å²) in [7, 11) is 2.16. The molecule has 2 heteroatoms. The first-order valence-corrected chi connectivity index (χ1v) is 15.1. The van der Waals surface area contributed by atoms with Crippen molar-refractivity contribution >= 4 is 21.9 Å². The molecular weight excluding hydrogens is 486 g/mol. The summed E-state index contributed by atoms with van der Waals surface area (Å²) in [6.07, 6.45) is 4.55. The van der Waals surface area contributed by atoms with E-state index in [0.717, 1.165) is 24.0 Å². The van der Waals surface area contributed by atoms with Crippen LogP contribution in [0.5, 0.6) is 0 Å². The molecule has 2 heterocycles. The zero-order chi connectivity index (χ0) is 28.5. The summed E-state index contributed by atoms with van der Waals surface area (Å²) in [4.78, 5) is 0. The first-order chi connectivity index (χ1) is 19.0. The topological polar surface area (TPSA) is 17.0 Å². The number of aryl methyl sites for hydroxylation is 3. The van der Waals surface area contributed by atoms with Crippen molar-refractivity contribution in [2.45, 2.75) is 79.6 Å². The molecule has 0 saturated heterocycles. The highest BCUT2D eigenvalue weighted by molar-refractivity contribution is 6.14. The average Bonchev–Trinajstić information content (AvgIpc) is 3.37. The number of pyridine rings is 1. The van der Waals surface area contributed by atoms with E-state index in [2.05, 4.69) is 128 Å². The molecule has 0 amide bonds. The molecule has 1 aliphatic carbocycles. The van der Waals surface area contributed by atoms with Crippen molar-refractivity contribution in [1.82, 2.24) is 0 Å². The minimum Gasteiger partial charge on any atom is -0.454 e. The molecule has 0 unspecified atom stereocenters. The number of fused-ring (bicyclic) bond motifs is 7. The molecule has 0 saturated carbocycles. The summed E-state index contributed by atoms with van der Waals surface area (Å²) in [6.45, 7) is 18.5. The molecule has 6 rings (SSSR count). The Balaban J connectivity index is 1.70. The van der Waals surface area contributed by atoms with Crippen LogP contribution in [0.25, 0.3) is 44.3 Å². The van der Waals surface area contributed by atoms with Gasteiger partial charge >= 0.3 is 0 Å². The van der Waals surface area contributed by atoms with E-state index >= 15 is 0 Å². The monoisotopic (exact) mass is 530 g/mol. The number of benzene rings is 3. The maximum Gasteiger partial charge on any atom is 0.216 e. The predicted molar refractivity (Wildman–Crippen MR) is 169 cm³/mol. The second kappa shape index (κ2) is 9.61. The summed E-state index contributed by atoms with van der Waals surface area (Å²) >= 11 is 0. The number of aromatic nitrogens is 1. The molecule has 1 aliphatic rings. The number of hydrogen-bond donors (Lipinski definition) is 0. The number of nitrogens with zero attached hydrogens (tertiary/aromatic N) is 1. The molecule has 3 aromatic carbocycles. The largest absolute Gasteiger partial charge is 0.454 e. The van der Waals surface area contributed by atoms with Gasteiger partial charge in [0.2, 0.25) is 5.69 Å². The quantitative estimate of drug-likeness (QED) is 0.200. The number of rotatable bonds is 6. The molecule has 2 nitrogen and oxygen atoms in total. The zero-order valence-electron chi connectivity index (χ0n) is 25.8. The Morgan fingerprint density at radius 3 is 2.00 bits per heavy atom. The lowest BCUT2D eigenvalue weighted by molar-refractivity contribution is -0.660. The van der Waals surface area contributed by atoms with E-state index in [9.17, 15) is 0 Å². The molecule has 40 heavy (non-hydrogen) atoms. The maximum absolute atomic E-state index is 7.09. The highest BCUT2D eigenvalue weighted by Crippen LogP contribution is 2.57. The normalized spacial score (nSPS) is 14.2. The van der Waals surface area contributed by atoms with E-state index in [1.165, 1.54) is 61.0 Å². The SMILES string of the molecule is Cc1c[n+](C)c(-c2c(C)ccc3c2oc2c4c(ccc23)C(CC(C)C)(CC(C)C)c2ccccc2-4)cc1C(C)C. The molecule has 5 aromatic rings. The summed E-state index contributed by atoms with van der Waals surface area (Å²) in [5.74, 6) is 1.65. The predicted octanol–water partition coefficient (Wildman–Crippen LogP) is 10.2. The Bertz CT molecular complexity index is 1750. The van der Waals surface area contributed by atoms with Crippen molar-refractivity contribution in [1.29, 1.82) is 0 Å². The average molecular weight is 531 g/mol. The van der Waals surface area contributed by atoms with Crippen LogP contribution in [-0.4, -0.2) is 0 Å². The van der Waals surface area contributed by atoms with Gasteiger partial charge in [-0.3, -0.25) is 0 Å². The molecule has 0 aliphatic heterocycles. The molecule has 0 atom stereocenters. The van der Waals surface area contributed by atoms with Crippen LogP contribution in [0.2, 0.25) is 0 Å². The van der Waals surface area contributed by atoms with Gasteiger partial charge in [0.1, 0.15) is 18.2 Å². The van der Waals surface area contributed by atoms with Crippen molar-refractivity contribution in [2.24, 2.45) is 18.9 Å². The van der Waals surface area contributed by atoms with Gasteiger partial charge in [0.15, 0.2) is 6.20 Å². The summed E-state index contributed by atoms with van der Waals surface area (Å²) in [5.41, 5.74) is 14.0. The lowest BCUT2D eigenvalue weighted by atomic mass is 9.68. The van der Waals surface area contributed by atoms with E-state index < -0.39 is 0 Å². The molecule has 0 fully saturated rings. The smallest absolute Gasteiger partial charge is 0.216 e. The van der Waals surface area contributed by atoms with Gasteiger partial charge in [-0.1, -0.05) is 90.1 Å². The van der Waals surface area contributed by atoms with Gasteiger partial charge in [0.05, 0.1) is 5.56 Å². The highest BCUT2D eigenvalue weighted by Gasteiger charge is 2.45. The van der Waals surface area contributed by atoms with Crippen LogP contribution < -0.4 is 4.57 Å². The zero-order valence-corrected chi connectivity index (χ0v) is 25.8. The minimum atomic E-state index is 0.00966. The minimum absolute atomic E-state index is 0.00966. The van der Waals surface area contributed by atoms with E-state index in [1.807, 2.05) is 0 Å². The van der Waals surface area contributed by atoms with E-state index in [4.69, 9.17) is 4.42 Å². The van der Waals surface area contributed by atoms with Crippen LogP contribution in [0.1, 0.15) is 88.1 Å². The van der Waals surface area contributed by atoms with Crippen molar-refractivity contribution in [3.05, 3.63) is 88.6 Å². The molecule has 0 radical (unpaired) electrons. The molecule has 2 aromatic heterocycles. The third kappa shape index (κ3) is 3.94. The van der Waals surface area contributed by atoms with Gasteiger partial charge in [-0.2, -0.15) is 0 Å². The Kier molecular flexibility index (Phi) is 6.44. The highest BCUT2D eigenvalue weighted by atomic mass is 16.3. The van der Waals surface area contributed by atoms with E-state index in [1.54, 1.807) is 0 Å². The van der Waals surface area contributed by atoms with Gasteiger partial charge in [-0.15, -0.1) is 0 Å². The maximum atomic E-state index is 7.09. The number of furan rings is 1. The van der Waals surface area contributed by atoms with Gasteiger partial charge in [-0.25, -0.2) is 4.57 Å². The fraction of sp³-hybridized carbons (Fsp3) is 0.395. The van der Waals surface area contributed by atoms with Gasteiger partial charge in [0.25, 0.3) is 0 Å². The standard InChI is InChI=1S/C38H44NO/c1-22(2)19-38(20-23(3)4)31-13-11-10-12-29(31)35-32(38)17-16-28-27-15-14-25(7)34(36(27)40-37(28)35)33-18-30(24(5)6)26(8)21-39(33)9/h10-18,21-24H,19-20H2,1-9H3/q+1. The van der Waals surface area contributed by atoms with Crippen LogP contribution in [0.15, 0.2) is 65.2 Å². The van der Waals surface area contributed by atoms with Crippen LogP contribution in [0, 0.1) is 25.7 Å². The number of hydrogen-bond acceptors (Lipinski definition) is 1. The van der Waals surface area contributed by atoms with Crippen molar-refractivity contribution in [2.75, 3.05) is 0 Å². The van der Waals surface area contributed by atoms with Crippen LogP contribution in [-0.2, 0) is 12.5 Å². The lowest BCUT2D eigenvalue weighted by Crippen LogP contribution is -2.32. The van der Waals surface area contributed by atoms with Crippen molar-refractivity contribution < 1.29 is 8.98 Å². The summed E-state index contributed by atoms with van der Waals surface area (Å²) in [5, 5.41) is 2.42. The third-order valence-corrected chi connectivity index (χ3v) is 9.15. The van der Waals surface area contributed by atoms with E-state index in [-0.39, 0.29) is 5.41 Å². The molecular formula is C38H44NO+. The second-order valence-electron chi connectivity index (χ2n) is 13.5. The Hall–Kier alpha value is -3.39. The summed E-state index contributed by atoms with van der Waals surface area (Å²) in [6, 6.07) is 20.8. The lowest BCUT2D eigenvalue weighted by Gasteiger charge is -2.35. The first kappa shape index (κ1) is 26.8. The summed E-state index contributed by atoms with van der Waals surface area (Å²) < 4.78 is 9.36. The van der Waals surface area contributed by atoms with E-state index in [0.29, 0.717) is 17.8 Å². The van der Waals surface area contributed by atoms with Crippen molar-refractivity contribution in [3.8, 4) is 22.4 Å². The second-order valence-corrected chi connectivity index (χ2v) is 13.5. The van der Waals surface area contributed by atoms with Gasteiger partial charge in [0, 0.05) is 33.4 Å². The first-order valence-electron chi connectivity index (χ1n) is 15.1. The Morgan fingerprint density at radius 2 is 1.35 bits per heavy atom. The third-order valence-electron chi connectivity index (χ3n) is 9.15. The van der Waals surface area contributed by atoms with Crippen LogP contribution >= 0.6 is 0 Å². The van der Waals surface area contributed by atoms with Crippen LogP contribution in [0.4, 0.5) is 0 Å². The fourth-order valence-corrected chi connectivity index (χ4v) is 7.84. The Labute approximate surface area is 240 Å².